The van der Waals surface area contributed by atoms with Gasteiger partial charge in [0.05, 0.1) is 4.90 Å². The number of hydrogen-bond acceptors (Lipinski definition) is 2. The van der Waals surface area contributed by atoms with Crippen molar-refractivity contribution in [3.05, 3.63) is 30.3 Å². The van der Waals surface area contributed by atoms with Gasteiger partial charge in [-0.15, -0.1) is 17.0 Å². The fourth-order valence-corrected chi connectivity index (χ4v) is 1.09. The second-order valence-corrected chi connectivity index (χ2v) is 3.21. The maximum atomic E-state index is 10.4. The zero-order chi connectivity index (χ0) is 7.61. The molecule has 12 heavy (non-hydrogen) atoms. The van der Waals surface area contributed by atoms with Crippen LogP contribution in [-0.4, -0.2) is 13.0 Å². The molecule has 0 spiro atoms. The summed E-state index contributed by atoms with van der Waals surface area (Å²) in [7, 11) is -4.00. The molecule has 0 radical (unpaired) electrons. The molecule has 1 aromatic carbocycles. The molecule has 3 nitrogen and oxygen atoms in total. The predicted molar refractivity (Wildman–Crippen MR) is 47.7 cm³/mol. The van der Waals surface area contributed by atoms with Gasteiger partial charge in [0.25, 0.3) is 10.1 Å². The molecule has 0 aliphatic carbocycles. The van der Waals surface area contributed by atoms with Gasteiger partial charge in [-0.2, -0.15) is 8.42 Å². The third-order valence-corrected chi connectivity index (χ3v) is 1.91. The number of hydrogen-bond donors (Lipinski definition) is 1. The van der Waals surface area contributed by atoms with E-state index in [1.165, 1.54) is 12.1 Å². The monoisotopic (exact) mass is 278 g/mol. The molecule has 6 heteroatoms. The predicted octanol–water partition coefficient (Wildman–Crippen LogP) is -1.37. The summed E-state index contributed by atoms with van der Waals surface area (Å²) >= 11 is 0. The Morgan fingerprint density at radius 2 is 1.58 bits per heavy atom. The van der Waals surface area contributed by atoms with E-state index in [9.17, 15) is 8.42 Å². The standard InChI is InChI=1S/C6H6O3S.BrH.K.H/c7-10(8,9)6-4-2-1-3-5-6;;;/h1-5H,(H,7,8,9);1H;;/q;;+1;-1. The van der Waals surface area contributed by atoms with E-state index in [1.807, 2.05) is 0 Å². The Hall–Kier alpha value is 1.25. The fourth-order valence-electron chi connectivity index (χ4n) is 0.592. The van der Waals surface area contributed by atoms with Crippen molar-refractivity contribution in [3.8, 4) is 0 Å². The SMILES string of the molecule is Br.O=S(=O)(O)c1ccccc1.[H-].[K+]. The van der Waals surface area contributed by atoms with Crippen molar-refractivity contribution in [2.75, 3.05) is 0 Å². The molecule has 1 rings (SSSR count). The van der Waals surface area contributed by atoms with E-state index in [1.54, 1.807) is 18.2 Å². The van der Waals surface area contributed by atoms with Gasteiger partial charge in [0.15, 0.2) is 0 Å². The Kier molecular flexibility index (Phi) is 8.72. The van der Waals surface area contributed by atoms with Crippen LogP contribution in [0.4, 0.5) is 0 Å². The van der Waals surface area contributed by atoms with Crippen molar-refractivity contribution in [3.63, 3.8) is 0 Å². The topological polar surface area (TPSA) is 54.4 Å². The minimum Gasteiger partial charge on any atom is -1.00 e. The molecule has 0 aromatic heterocycles. The first-order valence-corrected chi connectivity index (χ1v) is 4.07. The zero-order valence-electron chi connectivity index (χ0n) is 7.47. The summed E-state index contributed by atoms with van der Waals surface area (Å²) in [5.74, 6) is 0. The van der Waals surface area contributed by atoms with E-state index >= 15 is 0 Å². The summed E-state index contributed by atoms with van der Waals surface area (Å²) in [5.41, 5.74) is 0. The molecule has 0 saturated heterocycles. The first kappa shape index (κ1) is 15.7. The van der Waals surface area contributed by atoms with Crippen LogP contribution < -0.4 is 51.4 Å². The number of rotatable bonds is 1. The van der Waals surface area contributed by atoms with Crippen LogP contribution in [0.1, 0.15) is 1.43 Å². The first-order valence-electron chi connectivity index (χ1n) is 2.63. The normalized spacial score (nSPS) is 9.42. The van der Waals surface area contributed by atoms with E-state index in [2.05, 4.69) is 0 Å². The Labute approximate surface area is 126 Å². The summed E-state index contributed by atoms with van der Waals surface area (Å²) < 4.78 is 29.2. The molecule has 0 atom stereocenters. The molecule has 0 bridgehead atoms. The van der Waals surface area contributed by atoms with Crippen molar-refractivity contribution in [1.82, 2.24) is 0 Å². The van der Waals surface area contributed by atoms with E-state index in [4.69, 9.17) is 4.55 Å². The van der Waals surface area contributed by atoms with Crippen molar-refractivity contribution in [2.24, 2.45) is 0 Å². The van der Waals surface area contributed by atoms with Gasteiger partial charge < -0.3 is 1.43 Å². The van der Waals surface area contributed by atoms with Gasteiger partial charge in [-0.25, -0.2) is 0 Å². The largest absolute Gasteiger partial charge is 1.00 e. The average Bonchev–Trinajstić information content (AvgIpc) is 1.88. The molecule has 0 aliphatic heterocycles. The van der Waals surface area contributed by atoms with Gasteiger partial charge >= 0.3 is 51.4 Å². The van der Waals surface area contributed by atoms with Crippen molar-refractivity contribution in [2.45, 2.75) is 4.90 Å². The van der Waals surface area contributed by atoms with Crippen molar-refractivity contribution in [1.29, 1.82) is 0 Å². The fraction of sp³-hybridized carbons (Fsp3) is 0. The van der Waals surface area contributed by atoms with Crippen LogP contribution in [0.15, 0.2) is 35.2 Å². The molecule has 0 unspecified atom stereocenters. The van der Waals surface area contributed by atoms with Crippen LogP contribution in [0.25, 0.3) is 0 Å². The van der Waals surface area contributed by atoms with Crippen molar-refractivity contribution < 1.29 is 65.8 Å². The third-order valence-electron chi connectivity index (χ3n) is 1.04. The molecule has 0 fully saturated rings. The molecule has 0 amide bonds. The number of halogens is 1. The Morgan fingerprint density at radius 1 is 1.17 bits per heavy atom. The van der Waals surface area contributed by atoms with Crippen LogP contribution in [0.3, 0.4) is 0 Å². The van der Waals surface area contributed by atoms with Crippen LogP contribution in [-0.2, 0) is 10.1 Å². The minimum absolute atomic E-state index is 0. The Balaban J connectivity index is -0.000000333. The van der Waals surface area contributed by atoms with Gasteiger partial charge in [0.1, 0.15) is 0 Å². The van der Waals surface area contributed by atoms with Gasteiger partial charge in [-0.1, -0.05) is 18.2 Å². The van der Waals surface area contributed by atoms with Gasteiger partial charge in [-0.05, 0) is 12.1 Å². The molecular formula is C6H8BrKO3S. The molecular weight excluding hydrogens is 271 g/mol. The van der Waals surface area contributed by atoms with Gasteiger partial charge in [0, 0.05) is 0 Å². The Bertz CT molecular complexity index is 316. The number of benzene rings is 1. The second kappa shape index (κ2) is 6.66. The smallest absolute Gasteiger partial charge is 1.00 e. The van der Waals surface area contributed by atoms with E-state index in [-0.39, 0.29) is 74.7 Å². The molecule has 64 valence electrons. The summed E-state index contributed by atoms with van der Waals surface area (Å²) in [4.78, 5) is -0.0741. The van der Waals surface area contributed by atoms with Crippen LogP contribution in [0.5, 0.6) is 0 Å². The summed E-state index contributed by atoms with van der Waals surface area (Å²) in [6.45, 7) is 0. The van der Waals surface area contributed by atoms with Crippen LogP contribution >= 0.6 is 17.0 Å². The molecule has 1 N–H and O–H groups in total. The maximum Gasteiger partial charge on any atom is 1.00 e. The zero-order valence-corrected chi connectivity index (χ0v) is 12.1. The first-order chi connectivity index (χ1) is 4.61. The van der Waals surface area contributed by atoms with Gasteiger partial charge in [-0.3, -0.25) is 4.55 Å². The minimum atomic E-state index is -4.00. The van der Waals surface area contributed by atoms with E-state index < -0.39 is 10.1 Å². The quantitative estimate of drug-likeness (QED) is 0.510. The van der Waals surface area contributed by atoms with E-state index in [0.29, 0.717) is 0 Å². The van der Waals surface area contributed by atoms with E-state index in [0.717, 1.165) is 0 Å². The molecule has 0 saturated carbocycles. The average molecular weight is 279 g/mol. The summed E-state index contributed by atoms with van der Waals surface area (Å²) in [5, 5.41) is 0. The maximum absolute atomic E-state index is 10.4. The van der Waals surface area contributed by atoms with Gasteiger partial charge in [0.2, 0.25) is 0 Å². The molecule has 1 aromatic rings. The van der Waals surface area contributed by atoms with Crippen LogP contribution in [0, 0.1) is 0 Å². The third kappa shape index (κ3) is 5.08. The molecule has 0 aliphatic rings. The Morgan fingerprint density at radius 3 is 1.83 bits per heavy atom. The summed E-state index contributed by atoms with van der Waals surface area (Å²) in [6, 6.07) is 7.42. The van der Waals surface area contributed by atoms with Crippen LogP contribution in [0.2, 0.25) is 0 Å². The second-order valence-electron chi connectivity index (χ2n) is 1.79. The molecule has 0 heterocycles. The summed E-state index contributed by atoms with van der Waals surface area (Å²) in [6.07, 6.45) is 0. The van der Waals surface area contributed by atoms with Crippen molar-refractivity contribution >= 4 is 27.1 Å².